The fourth-order valence-corrected chi connectivity index (χ4v) is 3.49. The first-order chi connectivity index (χ1) is 13.5. The molecule has 2 amide bonds. The van der Waals surface area contributed by atoms with Crippen LogP contribution in [0.25, 0.3) is 0 Å². The van der Waals surface area contributed by atoms with Crippen LogP contribution in [0.2, 0.25) is 0 Å². The number of anilines is 2. The van der Waals surface area contributed by atoms with Crippen LogP contribution in [0.4, 0.5) is 11.4 Å². The standard InChI is InChI=1S/C21H22N2O5/c1-13-3-5-17(26-2)16(9-13)22-21(25)14-10-20(24)23(12-14)15-4-6-18-19(11-15)28-8-7-27-18/h3-6,9,11,14H,7-8,10,12H2,1-2H3,(H,22,25)/t14-/m1/s1. The molecule has 0 aromatic heterocycles. The van der Waals surface area contributed by atoms with Gasteiger partial charge in [0, 0.05) is 24.7 Å². The van der Waals surface area contributed by atoms with Gasteiger partial charge in [0.05, 0.1) is 18.7 Å². The van der Waals surface area contributed by atoms with Gasteiger partial charge >= 0.3 is 0 Å². The van der Waals surface area contributed by atoms with E-state index >= 15 is 0 Å². The van der Waals surface area contributed by atoms with Gasteiger partial charge in [0.1, 0.15) is 19.0 Å². The average molecular weight is 382 g/mol. The van der Waals surface area contributed by atoms with Gasteiger partial charge in [-0.05, 0) is 36.8 Å². The molecule has 146 valence electrons. The largest absolute Gasteiger partial charge is 0.495 e. The Morgan fingerprint density at radius 1 is 1.14 bits per heavy atom. The van der Waals surface area contributed by atoms with E-state index in [0.29, 0.717) is 48.4 Å². The van der Waals surface area contributed by atoms with Crippen molar-refractivity contribution >= 4 is 23.2 Å². The number of benzene rings is 2. The molecule has 4 rings (SSSR count). The molecule has 1 fully saturated rings. The highest BCUT2D eigenvalue weighted by atomic mass is 16.6. The summed E-state index contributed by atoms with van der Waals surface area (Å²) < 4.78 is 16.4. The Bertz CT molecular complexity index is 927. The minimum Gasteiger partial charge on any atom is -0.495 e. The molecule has 0 bridgehead atoms. The maximum absolute atomic E-state index is 12.8. The number of amides is 2. The molecule has 1 saturated heterocycles. The summed E-state index contributed by atoms with van der Waals surface area (Å²) in [7, 11) is 1.56. The molecule has 2 heterocycles. The first-order valence-corrected chi connectivity index (χ1v) is 9.20. The Morgan fingerprint density at radius 2 is 1.93 bits per heavy atom. The third-order valence-corrected chi connectivity index (χ3v) is 4.95. The number of aryl methyl sites for hydroxylation is 1. The minimum absolute atomic E-state index is 0.0898. The molecule has 2 aromatic rings. The topological polar surface area (TPSA) is 77.1 Å². The highest BCUT2D eigenvalue weighted by Gasteiger charge is 2.36. The molecule has 2 aliphatic heterocycles. The first-order valence-electron chi connectivity index (χ1n) is 9.20. The zero-order chi connectivity index (χ0) is 19.7. The number of rotatable bonds is 4. The van der Waals surface area contributed by atoms with Crippen LogP contribution in [0, 0.1) is 12.8 Å². The molecule has 0 saturated carbocycles. The number of nitrogens with zero attached hydrogens (tertiary/aromatic N) is 1. The second kappa shape index (κ2) is 7.42. The second-order valence-corrected chi connectivity index (χ2v) is 6.93. The summed E-state index contributed by atoms with van der Waals surface area (Å²) in [5, 5.41) is 2.90. The molecule has 2 aromatic carbocycles. The Hall–Kier alpha value is -3.22. The van der Waals surface area contributed by atoms with Gasteiger partial charge in [0.2, 0.25) is 11.8 Å². The van der Waals surface area contributed by atoms with Crippen LogP contribution >= 0.6 is 0 Å². The molecule has 0 radical (unpaired) electrons. The van der Waals surface area contributed by atoms with Crippen molar-refractivity contribution in [2.45, 2.75) is 13.3 Å². The van der Waals surface area contributed by atoms with E-state index in [2.05, 4.69) is 5.32 Å². The summed E-state index contributed by atoms with van der Waals surface area (Å²) in [6.45, 7) is 3.25. The van der Waals surface area contributed by atoms with E-state index in [-0.39, 0.29) is 18.2 Å². The van der Waals surface area contributed by atoms with Gasteiger partial charge in [-0.3, -0.25) is 9.59 Å². The molecule has 1 N–H and O–H groups in total. The second-order valence-electron chi connectivity index (χ2n) is 6.93. The van der Waals surface area contributed by atoms with E-state index in [1.165, 1.54) is 0 Å². The van der Waals surface area contributed by atoms with E-state index in [9.17, 15) is 9.59 Å². The summed E-state index contributed by atoms with van der Waals surface area (Å²) in [6, 6.07) is 11.0. The molecule has 7 heteroatoms. The molecular formula is C21H22N2O5. The predicted molar refractivity (Wildman–Crippen MR) is 104 cm³/mol. The van der Waals surface area contributed by atoms with Crippen molar-refractivity contribution in [1.82, 2.24) is 0 Å². The van der Waals surface area contributed by atoms with Gasteiger partial charge in [-0.2, -0.15) is 0 Å². The van der Waals surface area contributed by atoms with E-state index in [1.54, 1.807) is 24.1 Å². The molecule has 0 spiro atoms. The van der Waals surface area contributed by atoms with Gasteiger partial charge in [0.25, 0.3) is 0 Å². The minimum atomic E-state index is -0.439. The third kappa shape index (κ3) is 3.47. The van der Waals surface area contributed by atoms with Crippen LogP contribution in [0.1, 0.15) is 12.0 Å². The summed E-state index contributed by atoms with van der Waals surface area (Å²) in [6.07, 6.45) is 0.161. The van der Waals surface area contributed by atoms with Crippen LogP contribution in [-0.2, 0) is 9.59 Å². The van der Waals surface area contributed by atoms with Crippen molar-refractivity contribution in [3.63, 3.8) is 0 Å². The number of hydrogen-bond donors (Lipinski definition) is 1. The monoisotopic (exact) mass is 382 g/mol. The van der Waals surface area contributed by atoms with Gasteiger partial charge in [-0.15, -0.1) is 0 Å². The van der Waals surface area contributed by atoms with Gasteiger partial charge < -0.3 is 24.4 Å². The average Bonchev–Trinajstić information content (AvgIpc) is 3.09. The molecule has 1 atom stereocenters. The molecule has 7 nitrogen and oxygen atoms in total. The lowest BCUT2D eigenvalue weighted by Crippen LogP contribution is -2.28. The number of methoxy groups -OCH3 is 1. The lowest BCUT2D eigenvalue weighted by Gasteiger charge is -2.22. The van der Waals surface area contributed by atoms with Crippen LogP contribution < -0.4 is 24.4 Å². The lowest BCUT2D eigenvalue weighted by molar-refractivity contribution is -0.122. The zero-order valence-corrected chi connectivity index (χ0v) is 15.9. The van der Waals surface area contributed by atoms with Crippen LogP contribution in [0.15, 0.2) is 36.4 Å². The normalized spacial score (nSPS) is 18.1. The maximum Gasteiger partial charge on any atom is 0.229 e. The number of hydrogen-bond acceptors (Lipinski definition) is 5. The van der Waals surface area contributed by atoms with Gasteiger partial charge in [0.15, 0.2) is 11.5 Å². The van der Waals surface area contributed by atoms with E-state index < -0.39 is 5.92 Å². The Morgan fingerprint density at radius 3 is 2.71 bits per heavy atom. The number of carbonyl (C=O) groups excluding carboxylic acids is 2. The molecule has 0 unspecified atom stereocenters. The molecule has 0 aliphatic carbocycles. The van der Waals surface area contributed by atoms with Crippen LogP contribution in [0.3, 0.4) is 0 Å². The van der Waals surface area contributed by atoms with Crippen LogP contribution in [-0.4, -0.2) is 38.7 Å². The highest BCUT2D eigenvalue weighted by molar-refractivity contribution is 6.04. The maximum atomic E-state index is 12.8. The van der Waals surface area contributed by atoms with Crippen molar-refractivity contribution in [3.8, 4) is 17.2 Å². The Kier molecular flexibility index (Phi) is 4.81. The summed E-state index contributed by atoms with van der Waals surface area (Å²) in [5.41, 5.74) is 2.33. The highest BCUT2D eigenvalue weighted by Crippen LogP contribution is 2.36. The number of fused-ring (bicyclic) bond motifs is 1. The van der Waals surface area contributed by atoms with Gasteiger partial charge in [-0.25, -0.2) is 0 Å². The van der Waals surface area contributed by atoms with E-state index in [4.69, 9.17) is 14.2 Å². The third-order valence-electron chi connectivity index (χ3n) is 4.95. The fraction of sp³-hybridized carbons (Fsp3) is 0.333. The van der Waals surface area contributed by atoms with E-state index in [0.717, 1.165) is 5.56 Å². The SMILES string of the molecule is COc1ccc(C)cc1NC(=O)[C@@H]1CC(=O)N(c2ccc3c(c2)OCCO3)C1. The van der Waals surface area contributed by atoms with Crippen molar-refractivity contribution in [2.75, 3.05) is 37.1 Å². The summed E-state index contributed by atoms with van der Waals surface area (Å²) in [5.74, 6) is 1.15. The van der Waals surface area contributed by atoms with Crippen molar-refractivity contribution in [1.29, 1.82) is 0 Å². The quantitative estimate of drug-likeness (QED) is 0.880. The summed E-state index contributed by atoms with van der Waals surface area (Å²) >= 11 is 0. The fourth-order valence-electron chi connectivity index (χ4n) is 3.49. The van der Waals surface area contributed by atoms with Crippen molar-refractivity contribution in [3.05, 3.63) is 42.0 Å². The van der Waals surface area contributed by atoms with Crippen molar-refractivity contribution < 1.29 is 23.8 Å². The number of nitrogens with one attached hydrogen (secondary N) is 1. The molecular weight excluding hydrogens is 360 g/mol. The van der Waals surface area contributed by atoms with Crippen molar-refractivity contribution in [2.24, 2.45) is 5.92 Å². The van der Waals surface area contributed by atoms with Crippen LogP contribution in [0.5, 0.6) is 17.2 Å². The van der Waals surface area contributed by atoms with Gasteiger partial charge in [-0.1, -0.05) is 6.07 Å². The molecule has 2 aliphatic rings. The zero-order valence-electron chi connectivity index (χ0n) is 15.9. The molecule has 28 heavy (non-hydrogen) atoms. The number of carbonyl (C=O) groups is 2. The lowest BCUT2D eigenvalue weighted by atomic mass is 10.1. The number of ether oxygens (including phenoxy) is 3. The predicted octanol–water partition coefficient (Wildman–Crippen LogP) is 2.77. The first kappa shape index (κ1) is 18.2. The Balaban J connectivity index is 1.49. The summed E-state index contributed by atoms with van der Waals surface area (Å²) in [4.78, 5) is 26.9. The Labute approximate surface area is 163 Å². The smallest absolute Gasteiger partial charge is 0.229 e. The van der Waals surface area contributed by atoms with E-state index in [1.807, 2.05) is 31.2 Å².